The van der Waals surface area contributed by atoms with E-state index in [1.54, 1.807) is 18.2 Å². The van der Waals surface area contributed by atoms with Gasteiger partial charge in [0.2, 0.25) is 0 Å². The molecule has 0 bridgehead atoms. The fraction of sp³-hybridized carbons (Fsp3) is 0.439. The highest BCUT2D eigenvalue weighted by Gasteiger charge is 2.42. The van der Waals surface area contributed by atoms with E-state index in [9.17, 15) is 52.7 Å². The number of hydrogen-bond acceptors (Lipinski definition) is 0. The Morgan fingerprint density at radius 1 is 0.545 bits per heavy atom. The van der Waals surface area contributed by atoms with Crippen molar-refractivity contribution < 1.29 is 52.7 Å². The van der Waals surface area contributed by atoms with Crippen molar-refractivity contribution in [3.63, 3.8) is 0 Å². The molecule has 4 aliphatic rings. The standard InChI is InChI=1S/C41H39F12P2/c1-25(34-16-10-17-35(34)36-15-8-9-18-37(36)55(30-11-4-2-5-12-30)31-13-6-3-7-14-31)54(32-21-26(38(42,43)44)19-27(22-32)39(45,46)47)33-23-28(40(48,49)50)20-29(24-33)41(51,52)53/h8-10,15-25,30-31H,2-7,11-14H2,1H3/q-1/b36-35+/t25-/m1/s1. The van der Waals surface area contributed by atoms with Gasteiger partial charge in [-0.1, -0.05) is 74.8 Å². The van der Waals surface area contributed by atoms with Crippen molar-refractivity contribution in [3.8, 4) is 0 Å². The van der Waals surface area contributed by atoms with Gasteiger partial charge < -0.3 is 0 Å². The van der Waals surface area contributed by atoms with Crippen LogP contribution in [0.5, 0.6) is 0 Å². The summed E-state index contributed by atoms with van der Waals surface area (Å²) in [6.07, 6.45) is 2.64. The molecular weight excluding hydrogens is 782 g/mol. The Balaban J connectivity index is 1.55. The first-order valence-corrected chi connectivity index (χ1v) is 21.1. The predicted molar refractivity (Wildman–Crippen MR) is 195 cm³/mol. The van der Waals surface area contributed by atoms with Gasteiger partial charge in [-0.15, -0.1) is 43.5 Å². The number of alkyl halides is 12. The Morgan fingerprint density at radius 3 is 1.36 bits per heavy atom. The Kier molecular flexibility index (Phi) is 12.2. The van der Waals surface area contributed by atoms with E-state index in [2.05, 4.69) is 6.08 Å². The lowest BCUT2D eigenvalue weighted by atomic mass is 9.95. The SMILES string of the molecule is C[C@H](C1=CC=C/C1=C1/C=CC=C[C-]1P(C1CCCCC1)C1CCCCC1)P(c1cc(C(F)(F)F)cc(C(F)(F)F)c1)c1cc(C(F)(F)F)cc(C(F)(F)F)c1. The fourth-order valence-electron chi connectivity index (χ4n) is 8.27. The molecule has 2 aromatic carbocycles. The summed E-state index contributed by atoms with van der Waals surface area (Å²) in [6.45, 7) is 1.46. The second kappa shape index (κ2) is 16.1. The molecule has 0 N–H and O–H groups in total. The van der Waals surface area contributed by atoms with E-state index >= 15 is 0 Å². The van der Waals surface area contributed by atoms with Crippen molar-refractivity contribution in [2.45, 2.75) is 113 Å². The first kappa shape index (κ1) is 41.7. The van der Waals surface area contributed by atoms with Crippen molar-refractivity contribution in [2.24, 2.45) is 0 Å². The van der Waals surface area contributed by atoms with E-state index in [-0.39, 0.29) is 12.1 Å². The minimum absolute atomic E-state index is 0.0992. The highest BCUT2D eigenvalue weighted by molar-refractivity contribution is 7.73. The van der Waals surface area contributed by atoms with Gasteiger partial charge in [-0.05, 0) is 91.9 Å². The molecule has 2 saturated carbocycles. The molecule has 0 heterocycles. The Hall–Kier alpha value is -2.97. The summed E-state index contributed by atoms with van der Waals surface area (Å²) in [7, 11) is -3.48. The van der Waals surface area contributed by atoms with Crippen molar-refractivity contribution in [3.05, 3.63) is 124 Å². The van der Waals surface area contributed by atoms with Crippen LogP contribution >= 0.6 is 15.8 Å². The van der Waals surface area contributed by atoms with E-state index in [1.165, 1.54) is 6.92 Å². The summed E-state index contributed by atoms with van der Waals surface area (Å²) in [4.78, 5) is 0. The smallest absolute Gasteiger partial charge is 0.166 e. The van der Waals surface area contributed by atoms with Crippen LogP contribution in [0.15, 0.2) is 95.6 Å². The summed E-state index contributed by atoms with van der Waals surface area (Å²) < 4.78 is 170. The van der Waals surface area contributed by atoms with Gasteiger partial charge in [0.15, 0.2) is 0 Å². The average Bonchev–Trinajstić information content (AvgIpc) is 3.61. The third-order valence-corrected chi connectivity index (χ3v) is 17.0. The molecule has 0 nitrogen and oxygen atoms in total. The van der Waals surface area contributed by atoms with Crippen LogP contribution in [0.3, 0.4) is 0 Å². The maximum Gasteiger partial charge on any atom is 0.416 e. The van der Waals surface area contributed by atoms with Gasteiger partial charge in [0.25, 0.3) is 0 Å². The molecule has 0 unspecified atom stereocenters. The molecule has 298 valence electrons. The summed E-state index contributed by atoms with van der Waals surface area (Å²) in [5.41, 5.74) is -4.08. The molecular formula is C41H39F12P2-. The first-order valence-electron chi connectivity index (χ1n) is 18.2. The van der Waals surface area contributed by atoms with Crippen LogP contribution in [0.1, 0.15) is 93.4 Å². The second-order valence-corrected chi connectivity index (χ2v) is 19.8. The molecule has 0 aliphatic heterocycles. The van der Waals surface area contributed by atoms with Crippen LogP contribution in [0.4, 0.5) is 52.7 Å². The lowest BCUT2D eigenvalue weighted by molar-refractivity contribution is -0.144. The third-order valence-electron chi connectivity index (χ3n) is 10.8. The van der Waals surface area contributed by atoms with Gasteiger partial charge in [-0.3, -0.25) is 0 Å². The van der Waals surface area contributed by atoms with E-state index < -0.39 is 79.1 Å². The predicted octanol–water partition coefficient (Wildman–Crippen LogP) is 14.2. The Labute approximate surface area is 315 Å². The number of benzene rings is 2. The minimum Gasteiger partial charge on any atom is -0.166 e. The molecule has 4 aliphatic carbocycles. The van der Waals surface area contributed by atoms with Crippen molar-refractivity contribution in [1.82, 2.24) is 0 Å². The van der Waals surface area contributed by atoms with Crippen LogP contribution in [0, 0.1) is 5.66 Å². The zero-order valence-corrected chi connectivity index (χ0v) is 31.5. The lowest BCUT2D eigenvalue weighted by Crippen LogP contribution is -2.27. The van der Waals surface area contributed by atoms with Crippen LogP contribution in [-0.2, 0) is 24.7 Å². The molecule has 14 heteroatoms. The molecule has 1 atom stereocenters. The van der Waals surface area contributed by atoms with Crippen molar-refractivity contribution in [2.75, 3.05) is 0 Å². The molecule has 0 saturated heterocycles. The highest BCUT2D eigenvalue weighted by Crippen LogP contribution is 2.66. The van der Waals surface area contributed by atoms with Crippen LogP contribution in [-0.4, -0.2) is 17.0 Å². The van der Waals surface area contributed by atoms with Crippen molar-refractivity contribution in [1.29, 1.82) is 0 Å². The molecule has 0 radical (unpaired) electrons. The average molecular weight is 822 g/mol. The van der Waals surface area contributed by atoms with Gasteiger partial charge in [0, 0.05) is 5.66 Å². The minimum atomic E-state index is -5.30. The van der Waals surface area contributed by atoms with E-state index in [4.69, 9.17) is 0 Å². The Morgan fingerprint density at radius 2 is 0.964 bits per heavy atom. The molecule has 0 aromatic heterocycles. The largest absolute Gasteiger partial charge is 0.416 e. The van der Waals surface area contributed by atoms with Gasteiger partial charge in [-0.2, -0.15) is 52.7 Å². The highest BCUT2D eigenvalue weighted by atomic mass is 31.1. The second-order valence-electron chi connectivity index (χ2n) is 14.5. The fourth-order valence-corrected chi connectivity index (χ4v) is 15.0. The normalized spacial score (nSPS) is 21.3. The number of allylic oxidation sites excluding steroid dienone is 10. The van der Waals surface area contributed by atoms with Gasteiger partial charge in [0.1, 0.15) is 0 Å². The maximum absolute atomic E-state index is 14.2. The van der Waals surface area contributed by atoms with Crippen LogP contribution < -0.4 is 10.6 Å². The van der Waals surface area contributed by atoms with E-state index in [0.717, 1.165) is 75.4 Å². The number of rotatable bonds is 7. The first-order chi connectivity index (χ1) is 25.7. The monoisotopic (exact) mass is 821 g/mol. The summed E-state index contributed by atoms with van der Waals surface area (Å²) in [6, 6.07) is 1.50. The summed E-state index contributed by atoms with van der Waals surface area (Å²) in [5, 5.41) is -1.30. The van der Waals surface area contributed by atoms with Gasteiger partial charge in [0.05, 0.1) is 22.3 Å². The number of hydrogen-bond donors (Lipinski definition) is 0. The molecule has 55 heavy (non-hydrogen) atoms. The Bertz CT molecular complexity index is 1700. The van der Waals surface area contributed by atoms with Crippen LogP contribution in [0.2, 0.25) is 0 Å². The summed E-state index contributed by atoms with van der Waals surface area (Å²) in [5.74, 6) is 0. The maximum atomic E-state index is 14.2. The van der Waals surface area contributed by atoms with Gasteiger partial charge in [-0.25, -0.2) is 0 Å². The van der Waals surface area contributed by atoms with Crippen LogP contribution in [0.25, 0.3) is 0 Å². The number of halogens is 12. The zero-order valence-electron chi connectivity index (χ0n) is 29.7. The lowest BCUT2D eigenvalue weighted by Gasteiger charge is -2.47. The van der Waals surface area contributed by atoms with Gasteiger partial charge >= 0.3 is 24.7 Å². The quantitative estimate of drug-likeness (QED) is 0.148. The molecule has 0 spiro atoms. The third kappa shape index (κ3) is 9.43. The molecule has 2 aromatic rings. The van der Waals surface area contributed by atoms with Crippen molar-refractivity contribution >= 4 is 26.5 Å². The molecule has 0 amide bonds. The summed E-state index contributed by atoms with van der Waals surface area (Å²) >= 11 is 0. The van der Waals surface area contributed by atoms with E-state index in [1.807, 2.05) is 18.2 Å². The molecule has 6 rings (SSSR count). The van der Waals surface area contributed by atoms with E-state index in [0.29, 0.717) is 46.7 Å². The zero-order chi connectivity index (χ0) is 39.9. The molecule has 2 fully saturated rings. The topological polar surface area (TPSA) is 0 Å².